The highest BCUT2D eigenvalue weighted by Gasteiger charge is 2.49. The van der Waals surface area contributed by atoms with Gasteiger partial charge in [-0.3, -0.25) is 4.79 Å². The topological polar surface area (TPSA) is 59.1 Å². The zero-order chi connectivity index (χ0) is 23.8. The molecule has 1 atom stereocenters. The Kier molecular flexibility index (Phi) is 6.75. The summed E-state index contributed by atoms with van der Waals surface area (Å²) < 4.78 is 10.8. The number of nitrogens with zero attached hydrogens (tertiary/aromatic N) is 1. The van der Waals surface area contributed by atoms with Crippen LogP contribution in [0, 0.1) is 23.2 Å². The quantitative estimate of drug-likeness (QED) is 0.245. The number of allylic oxidation sites excluding steroid dienone is 2. The smallest absolute Gasteiger partial charge is 0.350 e. The van der Waals surface area contributed by atoms with Gasteiger partial charge in [-0.2, -0.15) is 0 Å². The SMILES string of the molecule is COC(=O)c1sc(C#CC(C)(C)C)cc1N(C(=O)[C@@H]1CC=C(C)CC1)C1CCC2(CC1)CO2. The predicted octanol–water partition coefficient (Wildman–Crippen LogP) is 5.72. The van der Waals surface area contributed by atoms with Crippen molar-refractivity contribution in [2.45, 2.75) is 84.3 Å². The molecular weight excluding hydrogens is 434 g/mol. The van der Waals surface area contributed by atoms with Crippen molar-refractivity contribution >= 4 is 28.9 Å². The van der Waals surface area contributed by atoms with E-state index in [1.165, 1.54) is 24.0 Å². The lowest BCUT2D eigenvalue weighted by molar-refractivity contribution is -0.123. The maximum Gasteiger partial charge on any atom is 0.350 e. The molecule has 1 aromatic rings. The second-order valence-electron chi connectivity index (χ2n) is 10.7. The van der Waals surface area contributed by atoms with E-state index in [4.69, 9.17) is 9.47 Å². The fourth-order valence-corrected chi connectivity index (χ4v) is 5.69. The first kappa shape index (κ1) is 24.0. The molecule has 33 heavy (non-hydrogen) atoms. The fourth-order valence-electron chi connectivity index (χ4n) is 4.77. The zero-order valence-electron chi connectivity index (χ0n) is 20.5. The van der Waals surface area contributed by atoms with Gasteiger partial charge in [0.25, 0.3) is 0 Å². The minimum absolute atomic E-state index is 0.0407. The maximum absolute atomic E-state index is 14.0. The van der Waals surface area contributed by atoms with Crippen LogP contribution in [0.15, 0.2) is 17.7 Å². The van der Waals surface area contributed by atoms with Gasteiger partial charge in [0.05, 0.1) is 29.9 Å². The van der Waals surface area contributed by atoms with Crippen LogP contribution in [-0.4, -0.2) is 37.2 Å². The number of carbonyl (C=O) groups excluding carboxylic acids is 2. The number of hydrogen-bond acceptors (Lipinski definition) is 5. The molecule has 0 aromatic carbocycles. The molecule has 2 aliphatic carbocycles. The molecule has 1 saturated heterocycles. The highest BCUT2D eigenvalue weighted by atomic mass is 32.1. The molecule has 4 rings (SSSR count). The number of amides is 1. The molecule has 0 bridgehead atoms. The van der Waals surface area contributed by atoms with Crippen LogP contribution in [0.4, 0.5) is 5.69 Å². The average Bonchev–Trinajstić information content (AvgIpc) is 3.40. The first-order valence-corrected chi connectivity index (χ1v) is 12.8. The number of anilines is 1. The highest BCUT2D eigenvalue weighted by Crippen LogP contribution is 2.45. The largest absolute Gasteiger partial charge is 0.465 e. The van der Waals surface area contributed by atoms with E-state index in [1.54, 1.807) is 0 Å². The van der Waals surface area contributed by atoms with E-state index < -0.39 is 5.97 Å². The Bertz CT molecular complexity index is 1010. The van der Waals surface area contributed by atoms with E-state index in [2.05, 4.69) is 45.6 Å². The van der Waals surface area contributed by atoms with Crippen LogP contribution in [0.1, 0.15) is 87.2 Å². The first-order chi connectivity index (χ1) is 15.6. The van der Waals surface area contributed by atoms with Crippen molar-refractivity contribution in [1.29, 1.82) is 0 Å². The number of carbonyl (C=O) groups is 2. The van der Waals surface area contributed by atoms with E-state index in [0.717, 1.165) is 56.4 Å². The van der Waals surface area contributed by atoms with Gasteiger partial charge in [-0.05, 0) is 78.7 Å². The molecule has 1 aliphatic heterocycles. The highest BCUT2D eigenvalue weighted by molar-refractivity contribution is 7.15. The molecular formula is C27H35NO4S. The molecule has 3 aliphatic rings. The van der Waals surface area contributed by atoms with E-state index in [1.807, 2.05) is 11.0 Å². The van der Waals surface area contributed by atoms with Crippen LogP contribution in [0.25, 0.3) is 0 Å². The summed E-state index contributed by atoms with van der Waals surface area (Å²) in [5.74, 6) is 6.13. The number of hydrogen-bond donors (Lipinski definition) is 0. The molecule has 5 nitrogen and oxygen atoms in total. The third kappa shape index (κ3) is 5.53. The van der Waals surface area contributed by atoms with Gasteiger partial charge in [-0.1, -0.05) is 23.5 Å². The fraction of sp³-hybridized carbons (Fsp3) is 0.630. The Morgan fingerprint density at radius 2 is 1.94 bits per heavy atom. The Hall–Kier alpha value is -2.10. The van der Waals surface area contributed by atoms with E-state index in [-0.39, 0.29) is 28.9 Å². The van der Waals surface area contributed by atoms with Crippen LogP contribution >= 0.6 is 11.3 Å². The Balaban J connectivity index is 1.72. The van der Waals surface area contributed by atoms with Gasteiger partial charge in [0.1, 0.15) is 4.88 Å². The van der Waals surface area contributed by atoms with Crippen molar-refractivity contribution in [3.8, 4) is 11.8 Å². The molecule has 2 fully saturated rings. The first-order valence-electron chi connectivity index (χ1n) is 12.0. The number of thiophene rings is 1. The minimum atomic E-state index is -0.409. The summed E-state index contributed by atoms with van der Waals surface area (Å²) in [7, 11) is 1.39. The van der Waals surface area contributed by atoms with Crippen molar-refractivity contribution < 1.29 is 19.1 Å². The monoisotopic (exact) mass is 469 g/mol. The van der Waals surface area contributed by atoms with Crippen molar-refractivity contribution in [2.24, 2.45) is 11.3 Å². The van der Waals surface area contributed by atoms with Crippen LogP contribution in [0.3, 0.4) is 0 Å². The molecule has 6 heteroatoms. The van der Waals surface area contributed by atoms with Crippen molar-refractivity contribution in [2.75, 3.05) is 18.6 Å². The standard InChI is InChI=1S/C27H35NO4S/c1-18-6-8-19(9-7-18)24(29)28(20-10-14-27(15-11-20)17-32-27)22-16-21(12-13-26(2,3)4)33-23(22)25(30)31-5/h6,16,19-20H,7-11,14-15,17H2,1-5H3/t19-,20?,27?/m1/s1. The second-order valence-corrected chi connectivity index (χ2v) is 11.8. The summed E-state index contributed by atoms with van der Waals surface area (Å²) in [6.07, 6.45) is 8.43. The number of ether oxygens (including phenoxy) is 2. The lowest BCUT2D eigenvalue weighted by atomic mass is 9.83. The van der Waals surface area contributed by atoms with E-state index >= 15 is 0 Å². The number of esters is 1. The Morgan fingerprint density at radius 1 is 1.24 bits per heavy atom. The Labute approximate surface area is 201 Å². The van der Waals surface area contributed by atoms with Gasteiger partial charge in [0.2, 0.25) is 5.91 Å². The number of epoxide rings is 1. The second kappa shape index (κ2) is 9.27. The average molecular weight is 470 g/mol. The predicted molar refractivity (Wildman–Crippen MR) is 132 cm³/mol. The van der Waals surface area contributed by atoms with Crippen LogP contribution in [-0.2, 0) is 14.3 Å². The van der Waals surface area contributed by atoms with Gasteiger partial charge in [0, 0.05) is 17.4 Å². The van der Waals surface area contributed by atoms with Gasteiger partial charge < -0.3 is 14.4 Å². The van der Waals surface area contributed by atoms with Gasteiger partial charge in [-0.25, -0.2) is 4.79 Å². The summed E-state index contributed by atoms with van der Waals surface area (Å²) in [6.45, 7) is 9.13. The molecule has 0 unspecified atom stereocenters. The lowest BCUT2D eigenvalue weighted by Gasteiger charge is -2.38. The van der Waals surface area contributed by atoms with Crippen molar-refractivity contribution in [3.63, 3.8) is 0 Å². The lowest BCUT2D eigenvalue weighted by Crippen LogP contribution is -2.47. The molecule has 1 aromatic heterocycles. The third-order valence-corrected chi connectivity index (χ3v) is 7.93. The summed E-state index contributed by atoms with van der Waals surface area (Å²) >= 11 is 1.32. The Morgan fingerprint density at radius 3 is 2.48 bits per heavy atom. The molecule has 0 N–H and O–H groups in total. The summed E-state index contributed by atoms with van der Waals surface area (Å²) in [6, 6.07) is 1.98. The minimum Gasteiger partial charge on any atom is -0.465 e. The van der Waals surface area contributed by atoms with Gasteiger partial charge in [-0.15, -0.1) is 11.3 Å². The third-order valence-electron chi connectivity index (χ3n) is 6.91. The van der Waals surface area contributed by atoms with Crippen molar-refractivity contribution in [1.82, 2.24) is 0 Å². The van der Waals surface area contributed by atoms with E-state index in [0.29, 0.717) is 10.6 Å². The van der Waals surface area contributed by atoms with Crippen molar-refractivity contribution in [3.05, 3.63) is 27.5 Å². The summed E-state index contributed by atoms with van der Waals surface area (Å²) in [5, 5.41) is 0. The molecule has 1 amide bonds. The van der Waals surface area contributed by atoms with Crippen LogP contribution in [0.5, 0.6) is 0 Å². The molecule has 2 heterocycles. The molecule has 178 valence electrons. The summed E-state index contributed by atoms with van der Waals surface area (Å²) in [4.78, 5) is 29.9. The van der Waals surface area contributed by atoms with E-state index in [9.17, 15) is 9.59 Å². The van der Waals surface area contributed by atoms with Crippen LogP contribution in [0.2, 0.25) is 0 Å². The van der Waals surface area contributed by atoms with Gasteiger partial charge >= 0.3 is 5.97 Å². The number of methoxy groups -OCH3 is 1. The molecule has 1 saturated carbocycles. The summed E-state index contributed by atoms with van der Waals surface area (Å²) in [5.41, 5.74) is 1.90. The maximum atomic E-state index is 14.0. The number of rotatable bonds is 4. The van der Waals surface area contributed by atoms with Crippen LogP contribution < -0.4 is 4.90 Å². The molecule has 0 radical (unpaired) electrons. The normalized spacial score (nSPS) is 26.8. The van der Waals surface area contributed by atoms with Gasteiger partial charge in [0.15, 0.2) is 0 Å². The molecule has 1 spiro atoms. The zero-order valence-corrected chi connectivity index (χ0v) is 21.3.